The average molecular weight is 294 g/mol. The number of hydrogen-bond donors (Lipinski definition) is 2. The van der Waals surface area contributed by atoms with Crippen molar-refractivity contribution in [3.8, 4) is 0 Å². The van der Waals surface area contributed by atoms with Gasteiger partial charge in [0, 0.05) is 25.3 Å². The quantitative estimate of drug-likeness (QED) is 0.876. The fourth-order valence-corrected chi connectivity index (χ4v) is 2.53. The Morgan fingerprint density at radius 2 is 2.10 bits per heavy atom. The number of nitrogens with zero attached hydrogens (tertiary/aromatic N) is 2. The summed E-state index contributed by atoms with van der Waals surface area (Å²) in [7, 11) is -0.468. The molecule has 0 bridgehead atoms. The molecule has 0 unspecified atom stereocenters. The van der Waals surface area contributed by atoms with Gasteiger partial charge in [0.25, 0.3) is 15.9 Å². The number of carbonyl (C=O) groups excluding carboxylic acids is 1. The molecular formula is C12H14N4O3S. The first-order valence-corrected chi connectivity index (χ1v) is 7.21. The lowest BCUT2D eigenvalue weighted by molar-refractivity contribution is 0.0827. The highest BCUT2D eigenvalue weighted by Crippen LogP contribution is 2.16. The molecule has 0 fully saturated rings. The first-order chi connectivity index (χ1) is 9.40. The van der Waals surface area contributed by atoms with E-state index in [0.29, 0.717) is 11.3 Å². The maximum absolute atomic E-state index is 12.0. The third kappa shape index (κ3) is 2.97. The van der Waals surface area contributed by atoms with Gasteiger partial charge in [-0.2, -0.15) is 8.42 Å². The Morgan fingerprint density at radius 3 is 2.70 bits per heavy atom. The molecule has 2 rings (SSSR count). The van der Waals surface area contributed by atoms with Crippen LogP contribution >= 0.6 is 0 Å². The molecule has 2 aromatic rings. The smallest absolute Gasteiger partial charge is 0.278 e. The van der Waals surface area contributed by atoms with E-state index in [2.05, 4.69) is 14.7 Å². The number of anilines is 1. The standard InChI is InChI=1S/C12H14N4O3S/c1-16(2)12(17)9-4-3-5-10(6-9)15-20(18,19)11-7-13-8-14-11/h3-8,15H,1-2H3,(H,13,14). The minimum Gasteiger partial charge on any atom is -0.345 e. The molecule has 0 spiro atoms. The number of rotatable bonds is 4. The summed E-state index contributed by atoms with van der Waals surface area (Å²) < 4.78 is 26.4. The van der Waals surface area contributed by atoms with Crippen LogP contribution in [0.5, 0.6) is 0 Å². The minimum absolute atomic E-state index is 0.0400. The number of aromatic amines is 1. The summed E-state index contributed by atoms with van der Waals surface area (Å²) in [5, 5.41) is -0.0400. The highest BCUT2D eigenvalue weighted by atomic mass is 32.2. The van der Waals surface area contributed by atoms with Gasteiger partial charge >= 0.3 is 0 Å². The Labute approximate surface area is 116 Å². The average Bonchev–Trinajstić information content (AvgIpc) is 2.92. The second-order valence-corrected chi connectivity index (χ2v) is 5.95. The van der Waals surface area contributed by atoms with Crippen molar-refractivity contribution in [2.45, 2.75) is 5.03 Å². The van der Waals surface area contributed by atoms with Crippen LogP contribution in [-0.4, -0.2) is 43.3 Å². The Hall–Kier alpha value is -2.35. The second-order valence-electron chi connectivity index (χ2n) is 4.30. The third-order valence-electron chi connectivity index (χ3n) is 2.53. The van der Waals surface area contributed by atoms with Crippen molar-refractivity contribution in [2.75, 3.05) is 18.8 Å². The molecule has 20 heavy (non-hydrogen) atoms. The molecule has 0 aliphatic heterocycles. The van der Waals surface area contributed by atoms with Crippen LogP contribution in [0.3, 0.4) is 0 Å². The Kier molecular flexibility index (Phi) is 3.75. The van der Waals surface area contributed by atoms with Crippen LogP contribution in [0.15, 0.2) is 41.8 Å². The lowest BCUT2D eigenvalue weighted by Crippen LogP contribution is -2.22. The molecule has 1 heterocycles. The maximum atomic E-state index is 12.0. The molecule has 0 saturated carbocycles. The monoisotopic (exact) mass is 294 g/mol. The summed E-state index contributed by atoms with van der Waals surface area (Å²) >= 11 is 0. The summed E-state index contributed by atoms with van der Waals surface area (Å²) in [4.78, 5) is 19.4. The number of carbonyl (C=O) groups is 1. The molecule has 106 valence electrons. The van der Waals surface area contributed by atoms with Gasteiger partial charge in [-0.3, -0.25) is 9.52 Å². The zero-order chi connectivity index (χ0) is 14.8. The van der Waals surface area contributed by atoms with Gasteiger partial charge in [0.2, 0.25) is 0 Å². The van der Waals surface area contributed by atoms with Crippen molar-refractivity contribution >= 4 is 21.6 Å². The molecule has 1 aromatic heterocycles. The molecule has 0 radical (unpaired) electrons. The third-order valence-corrected chi connectivity index (χ3v) is 3.84. The SMILES string of the molecule is CN(C)C(=O)c1cccc(NS(=O)(=O)c2cnc[nH]2)c1. The van der Waals surface area contributed by atoms with Crippen molar-refractivity contribution in [1.29, 1.82) is 0 Å². The van der Waals surface area contributed by atoms with E-state index in [0.717, 1.165) is 0 Å². The van der Waals surface area contributed by atoms with Gasteiger partial charge in [0.15, 0.2) is 5.03 Å². The molecule has 7 nitrogen and oxygen atoms in total. The van der Waals surface area contributed by atoms with Gasteiger partial charge in [0.1, 0.15) is 0 Å². The summed E-state index contributed by atoms with van der Waals surface area (Å²) in [6.07, 6.45) is 2.48. The predicted octanol–water partition coefficient (Wildman–Crippen LogP) is 0.912. The van der Waals surface area contributed by atoms with Crippen molar-refractivity contribution in [1.82, 2.24) is 14.9 Å². The Balaban J connectivity index is 2.27. The van der Waals surface area contributed by atoms with Crippen LogP contribution < -0.4 is 4.72 Å². The van der Waals surface area contributed by atoms with Gasteiger partial charge in [-0.05, 0) is 18.2 Å². The van der Waals surface area contributed by atoms with Crippen LogP contribution in [0, 0.1) is 0 Å². The molecule has 8 heteroatoms. The number of sulfonamides is 1. The van der Waals surface area contributed by atoms with Gasteiger partial charge in [-0.1, -0.05) is 6.07 Å². The van der Waals surface area contributed by atoms with Gasteiger partial charge in [-0.25, -0.2) is 4.98 Å². The fraction of sp³-hybridized carbons (Fsp3) is 0.167. The number of amides is 1. The summed E-state index contributed by atoms with van der Waals surface area (Å²) in [5.74, 6) is -0.201. The molecular weight excluding hydrogens is 280 g/mol. The van der Waals surface area contributed by atoms with Crippen molar-refractivity contribution in [3.63, 3.8) is 0 Å². The predicted molar refractivity (Wildman–Crippen MR) is 73.9 cm³/mol. The zero-order valence-electron chi connectivity index (χ0n) is 11.0. The maximum Gasteiger partial charge on any atom is 0.278 e. The molecule has 0 aliphatic carbocycles. The van der Waals surface area contributed by atoms with Gasteiger partial charge < -0.3 is 9.88 Å². The molecule has 0 aliphatic rings. The van der Waals surface area contributed by atoms with Crippen LogP contribution in [0.1, 0.15) is 10.4 Å². The Morgan fingerprint density at radius 1 is 1.35 bits per heavy atom. The lowest BCUT2D eigenvalue weighted by Gasteiger charge is -2.12. The van der Waals surface area contributed by atoms with E-state index in [-0.39, 0.29) is 10.9 Å². The Bertz CT molecular complexity index is 708. The van der Waals surface area contributed by atoms with Crippen LogP contribution in [0.2, 0.25) is 0 Å². The topological polar surface area (TPSA) is 95.2 Å². The van der Waals surface area contributed by atoms with Gasteiger partial charge in [0.05, 0.1) is 12.5 Å². The molecule has 1 amide bonds. The van der Waals surface area contributed by atoms with Crippen molar-refractivity contribution < 1.29 is 13.2 Å². The first-order valence-electron chi connectivity index (χ1n) is 5.73. The molecule has 0 atom stereocenters. The lowest BCUT2D eigenvalue weighted by atomic mass is 10.2. The number of aromatic nitrogens is 2. The van der Waals surface area contributed by atoms with E-state index in [1.165, 1.54) is 23.5 Å². The summed E-state index contributed by atoms with van der Waals surface area (Å²) in [6, 6.07) is 6.29. The van der Waals surface area contributed by atoms with Crippen LogP contribution in [-0.2, 0) is 10.0 Å². The number of imidazole rings is 1. The van der Waals surface area contributed by atoms with E-state index >= 15 is 0 Å². The zero-order valence-corrected chi connectivity index (χ0v) is 11.8. The molecule has 1 aromatic carbocycles. The second kappa shape index (κ2) is 5.33. The first kappa shape index (κ1) is 14.1. The number of benzene rings is 1. The number of nitrogens with one attached hydrogen (secondary N) is 2. The largest absolute Gasteiger partial charge is 0.345 e. The highest BCUT2D eigenvalue weighted by Gasteiger charge is 2.16. The highest BCUT2D eigenvalue weighted by molar-refractivity contribution is 7.92. The normalized spacial score (nSPS) is 11.1. The van der Waals surface area contributed by atoms with Crippen LogP contribution in [0.25, 0.3) is 0 Å². The molecule has 0 saturated heterocycles. The van der Waals surface area contributed by atoms with E-state index in [1.807, 2.05) is 0 Å². The minimum atomic E-state index is -3.73. The fourth-order valence-electron chi connectivity index (χ4n) is 1.57. The van der Waals surface area contributed by atoms with E-state index in [1.54, 1.807) is 32.3 Å². The number of H-pyrrole nitrogens is 1. The summed E-state index contributed by atoms with van der Waals surface area (Å²) in [6.45, 7) is 0. The van der Waals surface area contributed by atoms with Crippen LogP contribution in [0.4, 0.5) is 5.69 Å². The van der Waals surface area contributed by atoms with Gasteiger partial charge in [-0.15, -0.1) is 0 Å². The van der Waals surface area contributed by atoms with Crippen molar-refractivity contribution in [3.05, 3.63) is 42.4 Å². The van der Waals surface area contributed by atoms with Crippen molar-refractivity contribution in [2.24, 2.45) is 0 Å². The number of hydrogen-bond acceptors (Lipinski definition) is 4. The van der Waals surface area contributed by atoms with E-state index < -0.39 is 10.0 Å². The molecule has 2 N–H and O–H groups in total. The van der Waals surface area contributed by atoms with E-state index in [4.69, 9.17) is 0 Å². The van der Waals surface area contributed by atoms with E-state index in [9.17, 15) is 13.2 Å². The summed E-state index contributed by atoms with van der Waals surface area (Å²) in [5.41, 5.74) is 0.715.